The number of rotatable bonds is 3. The van der Waals surface area contributed by atoms with Gasteiger partial charge in [0, 0.05) is 25.8 Å². The van der Waals surface area contributed by atoms with Crippen molar-refractivity contribution in [2.45, 2.75) is 25.4 Å². The van der Waals surface area contributed by atoms with Gasteiger partial charge in [-0.15, -0.1) is 0 Å². The summed E-state index contributed by atoms with van der Waals surface area (Å²) in [5.74, 6) is 0.867. The van der Waals surface area contributed by atoms with Crippen molar-refractivity contribution >= 4 is 17.4 Å². The van der Waals surface area contributed by atoms with Crippen LogP contribution in [0.5, 0.6) is 0 Å². The molecule has 0 aliphatic heterocycles. The monoisotopic (exact) mass is 211 g/mol. The van der Waals surface area contributed by atoms with E-state index in [4.69, 9.17) is 17.3 Å². The smallest absolute Gasteiger partial charge is 0.147 e. The van der Waals surface area contributed by atoms with Gasteiger partial charge in [0.1, 0.15) is 5.82 Å². The Kier molecular flexibility index (Phi) is 2.61. The van der Waals surface area contributed by atoms with E-state index < -0.39 is 0 Å². The molecule has 2 rings (SSSR count). The fourth-order valence-electron chi connectivity index (χ4n) is 1.48. The summed E-state index contributed by atoms with van der Waals surface area (Å²) < 4.78 is 0. The molecule has 0 radical (unpaired) electrons. The highest BCUT2D eigenvalue weighted by atomic mass is 35.5. The molecule has 3 nitrogen and oxygen atoms in total. The van der Waals surface area contributed by atoms with Gasteiger partial charge in [0.05, 0.1) is 5.02 Å². The minimum absolute atomic E-state index is 0.486. The van der Waals surface area contributed by atoms with Gasteiger partial charge in [0.2, 0.25) is 0 Å². The summed E-state index contributed by atoms with van der Waals surface area (Å²) in [5.41, 5.74) is 6.48. The Hall–Kier alpha value is -0.800. The van der Waals surface area contributed by atoms with Crippen LogP contribution in [0.15, 0.2) is 12.3 Å². The molecule has 0 aromatic carbocycles. The molecule has 4 heteroatoms. The molecule has 0 saturated heterocycles. The largest absolute Gasteiger partial charge is 0.355 e. The number of hydrogen-bond acceptors (Lipinski definition) is 3. The molecule has 0 bridgehead atoms. The Balaban J connectivity index is 2.24. The zero-order chi connectivity index (χ0) is 10.1. The molecular formula is C10H14ClN3. The summed E-state index contributed by atoms with van der Waals surface area (Å²) in [4.78, 5) is 6.47. The molecule has 1 aliphatic rings. The molecule has 1 saturated carbocycles. The molecule has 0 unspecified atom stereocenters. The van der Waals surface area contributed by atoms with Crippen molar-refractivity contribution in [3.05, 3.63) is 22.8 Å². The number of anilines is 1. The van der Waals surface area contributed by atoms with Crippen LogP contribution < -0.4 is 10.6 Å². The molecule has 1 aromatic heterocycles. The molecule has 1 heterocycles. The van der Waals surface area contributed by atoms with Crippen molar-refractivity contribution in [3.63, 3.8) is 0 Å². The van der Waals surface area contributed by atoms with Crippen LogP contribution in [0.1, 0.15) is 18.4 Å². The van der Waals surface area contributed by atoms with Gasteiger partial charge in [-0.3, -0.25) is 0 Å². The van der Waals surface area contributed by atoms with Crippen molar-refractivity contribution < 1.29 is 0 Å². The van der Waals surface area contributed by atoms with E-state index in [1.165, 1.54) is 12.8 Å². The molecule has 76 valence electrons. The maximum Gasteiger partial charge on any atom is 0.147 e. The fraction of sp³-hybridized carbons (Fsp3) is 0.500. The van der Waals surface area contributed by atoms with Gasteiger partial charge in [-0.25, -0.2) is 4.98 Å². The summed E-state index contributed by atoms with van der Waals surface area (Å²) in [5, 5.41) is 0.697. The van der Waals surface area contributed by atoms with Crippen molar-refractivity contribution in [3.8, 4) is 0 Å². The van der Waals surface area contributed by atoms with Gasteiger partial charge < -0.3 is 10.6 Å². The fourth-order valence-corrected chi connectivity index (χ4v) is 1.80. The third-order valence-electron chi connectivity index (χ3n) is 2.54. The maximum absolute atomic E-state index is 6.12. The SMILES string of the molecule is CN(c1ncc(CN)cc1Cl)C1CC1. The second kappa shape index (κ2) is 3.75. The summed E-state index contributed by atoms with van der Waals surface area (Å²) in [6, 6.07) is 2.52. The van der Waals surface area contributed by atoms with Crippen LogP contribution in [0.25, 0.3) is 0 Å². The Morgan fingerprint density at radius 1 is 1.64 bits per heavy atom. The van der Waals surface area contributed by atoms with Crippen molar-refractivity contribution in [1.29, 1.82) is 0 Å². The number of pyridine rings is 1. The van der Waals surface area contributed by atoms with Gasteiger partial charge in [0.25, 0.3) is 0 Å². The summed E-state index contributed by atoms with van der Waals surface area (Å²) >= 11 is 6.12. The predicted octanol–water partition coefficient (Wildman–Crippen LogP) is 1.79. The average molecular weight is 212 g/mol. The first-order valence-corrected chi connectivity index (χ1v) is 5.17. The van der Waals surface area contributed by atoms with E-state index in [-0.39, 0.29) is 0 Å². The second-order valence-electron chi connectivity index (χ2n) is 3.70. The highest BCUT2D eigenvalue weighted by Gasteiger charge is 2.28. The molecule has 2 N–H and O–H groups in total. The van der Waals surface area contributed by atoms with Crippen LogP contribution in [0.3, 0.4) is 0 Å². The normalized spacial score (nSPS) is 15.6. The zero-order valence-corrected chi connectivity index (χ0v) is 8.96. The Morgan fingerprint density at radius 3 is 2.86 bits per heavy atom. The van der Waals surface area contributed by atoms with E-state index in [1.54, 1.807) is 6.20 Å². The van der Waals surface area contributed by atoms with Crippen LogP contribution in [-0.2, 0) is 6.54 Å². The van der Waals surface area contributed by atoms with Gasteiger partial charge in [-0.1, -0.05) is 11.6 Å². The highest BCUT2D eigenvalue weighted by Crippen LogP contribution is 2.32. The van der Waals surface area contributed by atoms with Gasteiger partial charge in [0.15, 0.2) is 0 Å². The molecular weight excluding hydrogens is 198 g/mol. The Bertz CT molecular complexity index is 336. The molecule has 0 spiro atoms. The third kappa shape index (κ3) is 1.83. The van der Waals surface area contributed by atoms with E-state index >= 15 is 0 Å². The Labute approximate surface area is 88.9 Å². The first-order valence-electron chi connectivity index (χ1n) is 4.79. The Morgan fingerprint density at radius 2 is 2.36 bits per heavy atom. The highest BCUT2D eigenvalue weighted by molar-refractivity contribution is 6.33. The minimum atomic E-state index is 0.486. The zero-order valence-electron chi connectivity index (χ0n) is 8.20. The third-order valence-corrected chi connectivity index (χ3v) is 2.82. The number of hydrogen-bond donors (Lipinski definition) is 1. The van der Waals surface area contributed by atoms with E-state index in [0.717, 1.165) is 11.4 Å². The second-order valence-corrected chi connectivity index (χ2v) is 4.10. The van der Waals surface area contributed by atoms with Crippen molar-refractivity contribution in [2.75, 3.05) is 11.9 Å². The van der Waals surface area contributed by atoms with Crippen molar-refractivity contribution in [1.82, 2.24) is 4.98 Å². The predicted molar refractivity (Wildman–Crippen MR) is 58.6 cm³/mol. The number of halogens is 1. The lowest BCUT2D eigenvalue weighted by Gasteiger charge is -2.18. The van der Waals surface area contributed by atoms with E-state index in [1.807, 2.05) is 13.1 Å². The molecule has 0 amide bonds. The van der Waals surface area contributed by atoms with E-state index in [9.17, 15) is 0 Å². The lowest BCUT2D eigenvalue weighted by atomic mass is 10.3. The molecule has 1 aromatic rings. The summed E-state index contributed by atoms with van der Waals surface area (Å²) in [7, 11) is 2.04. The van der Waals surface area contributed by atoms with E-state index in [2.05, 4.69) is 9.88 Å². The van der Waals surface area contributed by atoms with Crippen LogP contribution in [0.4, 0.5) is 5.82 Å². The maximum atomic E-state index is 6.12. The molecule has 1 fully saturated rings. The number of aromatic nitrogens is 1. The summed E-state index contributed by atoms with van der Waals surface area (Å²) in [6.45, 7) is 0.486. The van der Waals surface area contributed by atoms with Crippen LogP contribution in [0.2, 0.25) is 5.02 Å². The van der Waals surface area contributed by atoms with Crippen LogP contribution in [-0.4, -0.2) is 18.1 Å². The van der Waals surface area contributed by atoms with Gasteiger partial charge in [-0.2, -0.15) is 0 Å². The minimum Gasteiger partial charge on any atom is -0.355 e. The molecule has 14 heavy (non-hydrogen) atoms. The first-order chi connectivity index (χ1) is 6.72. The van der Waals surface area contributed by atoms with Crippen LogP contribution >= 0.6 is 11.6 Å². The lowest BCUT2D eigenvalue weighted by molar-refractivity contribution is 0.888. The van der Waals surface area contributed by atoms with Crippen LogP contribution in [0, 0.1) is 0 Å². The van der Waals surface area contributed by atoms with Gasteiger partial charge >= 0.3 is 0 Å². The lowest BCUT2D eigenvalue weighted by Crippen LogP contribution is -2.21. The molecule has 1 aliphatic carbocycles. The topological polar surface area (TPSA) is 42.2 Å². The number of nitrogens with zero attached hydrogens (tertiary/aromatic N) is 2. The summed E-state index contributed by atoms with van der Waals surface area (Å²) in [6.07, 6.45) is 4.28. The molecule has 0 atom stereocenters. The standard InChI is InChI=1S/C10H14ClN3/c1-14(8-2-3-8)10-9(11)4-7(5-12)6-13-10/h4,6,8H,2-3,5,12H2,1H3. The quantitative estimate of drug-likeness (QED) is 0.829. The van der Waals surface area contributed by atoms with Gasteiger partial charge in [-0.05, 0) is 24.5 Å². The number of nitrogens with two attached hydrogens (primary N) is 1. The average Bonchev–Trinajstić information content (AvgIpc) is 3.00. The first kappa shape index (κ1) is 9.74. The van der Waals surface area contributed by atoms with Crippen molar-refractivity contribution in [2.24, 2.45) is 5.73 Å². The van der Waals surface area contributed by atoms with E-state index in [0.29, 0.717) is 17.6 Å².